The van der Waals surface area contributed by atoms with E-state index in [9.17, 15) is 9.18 Å². The van der Waals surface area contributed by atoms with E-state index in [4.69, 9.17) is 16.3 Å². The average molecular weight is 272 g/mol. The van der Waals surface area contributed by atoms with Crippen LogP contribution in [0.25, 0.3) is 0 Å². The van der Waals surface area contributed by atoms with Crippen molar-refractivity contribution in [2.75, 3.05) is 19.0 Å². The summed E-state index contributed by atoms with van der Waals surface area (Å²) in [7, 11) is 0. The summed E-state index contributed by atoms with van der Waals surface area (Å²) in [5, 5.41) is 0. The van der Waals surface area contributed by atoms with Gasteiger partial charge in [0, 0.05) is 18.7 Å². The summed E-state index contributed by atoms with van der Waals surface area (Å²) >= 11 is 5.77. The van der Waals surface area contributed by atoms with E-state index in [2.05, 4.69) is 0 Å². The van der Waals surface area contributed by atoms with Crippen LogP contribution in [0.1, 0.15) is 17.3 Å². The molecule has 0 saturated carbocycles. The maximum Gasteiger partial charge on any atom is 0.254 e. The van der Waals surface area contributed by atoms with Crippen molar-refractivity contribution >= 4 is 17.5 Å². The maximum atomic E-state index is 12.8. The summed E-state index contributed by atoms with van der Waals surface area (Å²) < 4.78 is 18.4. The van der Waals surface area contributed by atoms with Crippen LogP contribution in [0.5, 0.6) is 0 Å². The third-order valence-electron chi connectivity index (χ3n) is 2.88. The van der Waals surface area contributed by atoms with E-state index < -0.39 is 0 Å². The van der Waals surface area contributed by atoms with Gasteiger partial charge in [-0.25, -0.2) is 4.39 Å². The summed E-state index contributed by atoms with van der Waals surface area (Å²) in [6.07, 6.45) is -0.174. The van der Waals surface area contributed by atoms with Crippen molar-refractivity contribution in [3.8, 4) is 0 Å². The number of morpholine rings is 1. The molecule has 2 unspecified atom stereocenters. The predicted octanol–water partition coefficient (Wildman–Crippen LogP) is 2.29. The van der Waals surface area contributed by atoms with Gasteiger partial charge in [-0.2, -0.15) is 0 Å². The molecule has 1 fully saturated rings. The third kappa shape index (κ3) is 3.00. The first-order chi connectivity index (χ1) is 8.60. The molecule has 0 spiro atoms. The SMILES string of the molecule is CC1CN(C(=O)c2ccc(F)cc2)CC(CCl)O1. The summed E-state index contributed by atoms with van der Waals surface area (Å²) in [6.45, 7) is 2.91. The van der Waals surface area contributed by atoms with E-state index >= 15 is 0 Å². The fourth-order valence-electron chi connectivity index (χ4n) is 2.07. The molecular weight excluding hydrogens is 257 g/mol. The molecule has 98 valence electrons. The molecule has 1 aromatic carbocycles. The van der Waals surface area contributed by atoms with Gasteiger partial charge in [0.25, 0.3) is 5.91 Å². The third-order valence-corrected chi connectivity index (χ3v) is 3.22. The lowest BCUT2D eigenvalue weighted by Crippen LogP contribution is -2.49. The number of benzene rings is 1. The zero-order valence-corrected chi connectivity index (χ0v) is 10.9. The average Bonchev–Trinajstić information content (AvgIpc) is 2.38. The predicted molar refractivity (Wildman–Crippen MR) is 67.4 cm³/mol. The summed E-state index contributed by atoms with van der Waals surface area (Å²) in [6, 6.07) is 5.56. The Hall–Kier alpha value is -1.13. The summed E-state index contributed by atoms with van der Waals surface area (Å²) in [4.78, 5) is 13.9. The van der Waals surface area contributed by atoms with Crippen LogP contribution in [0.15, 0.2) is 24.3 Å². The number of carbonyl (C=O) groups is 1. The van der Waals surface area contributed by atoms with Crippen molar-refractivity contribution in [3.63, 3.8) is 0 Å². The molecule has 1 heterocycles. The second kappa shape index (κ2) is 5.67. The number of ether oxygens (including phenoxy) is 1. The van der Waals surface area contributed by atoms with E-state index in [0.29, 0.717) is 24.5 Å². The van der Waals surface area contributed by atoms with Gasteiger partial charge in [-0.15, -0.1) is 11.6 Å². The quantitative estimate of drug-likeness (QED) is 0.773. The summed E-state index contributed by atoms with van der Waals surface area (Å²) in [5.74, 6) is -0.0989. The first-order valence-electron chi connectivity index (χ1n) is 5.86. The number of halogens is 2. The highest BCUT2D eigenvalue weighted by Gasteiger charge is 2.28. The topological polar surface area (TPSA) is 29.5 Å². The largest absolute Gasteiger partial charge is 0.370 e. The number of hydrogen-bond donors (Lipinski definition) is 0. The van der Waals surface area contributed by atoms with Crippen LogP contribution in [0.3, 0.4) is 0 Å². The monoisotopic (exact) mass is 271 g/mol. The fraction of sp³-hybridized carbons (Fsp3) is 0.462. The molecule has 3 nitrogen and oxygen atoms in total. The maximum absolute atomic E-state index is 12.8. The summed E-state index contributed by atoms with van der Waals surface area (Å²) in [5.41, 5.74) is 0.485. The Morgan fingerprint density at radius 3 is 2.72 bits per heavy atom. The van der Waals surface area contributed by atoms with Crippen molar-refractivity contribution in [3.05, 3.63) is 35.6 Å². The van der Waals surface area contributed by atoms with Gasteiger partial charge in [-0.1, -0.05) is 0 Å². The molecule has 0 radical (unpaired) electrons. The lowest BCUT2D eigenvalue weighted by Gasteiger charge is -2.36. The van der Waals surface area contributed by atoms with E-state index in [1.807, 2.05) is 6.92 Å². The molecule has 1 saturated heterocycles. The van der Waals surface area contributed by atoms with Crippen LogP contribution in [-0.4, -0.2) is 42.0 Å². The molecule has 2 atom stereocenters. The minimum Gasteiger partial charge on any atom is -0.370 e. The van der Waals surface area contributed by atoms with Crippen molar-refractivity contribution in [2.45, 2.75) is 19.1 Å². The van der Waals surface area contributed by atoms with Crippen LogP contribution < -0.4 is 0 Å². The van der Waals surface area contributed by atoms with Crippen molar-refractivity contribution < 1.29 is 13.9 Å². The molecule has 0 N–H and O–H groups in total. The van der Waals surface area contributed by atoms with E-state index in [-0.39, 0.29) is 23.9 Å². The zero-order valence-electron chi connectivity index (χ0n) is 10.1. The Morgan fingerprint density at radius 2 is 2.11 bits per heavy atom. The van der Waals surface area contributed by atoms with Gasteiger partial charge in [-0.3, -0.25) is 4.79 Å². The molecule has 1 amide bonds. The highest BCUT2D eigenvalue weighted by molar-refractivity contribution is 6.18. The molecule has 5 heteroatoms. The second-order valence-electron chi connectivity index (χ2n) is 4.44. The molecule has 1 aliphatic heterocycles. The van der Waals surface area contributed by atoms with Crippen LogP contribution in [0.4, 0.5) is 4.39 Å². The minimum atomic E-state index is -0.347. The number of carbonyl (C=O) groups excluding carboxylic acids is 1. The van der Waals surface area contributed by atoms with Gasteiger partial charge >= 0.3 is 0 Å². The minimum absolute atomic E-state index is 0.0353. The van der Waals surface area contributed by atoms with Crippen LogP contribution in [0.2, 0.25) is 0 Å². The lowest BCUT2D eigenvalue weighted by atomic mass is 10.1. The Labute approximate surface area is 110 Å². The number of alkyl halides is 1. The van der Waals surface area contributed by atoms with Crippen molar-refractivity contribution in [1.29, 1.82) is 0 Å². The van der Waals surface area contributed by atoms with Crippen molar-refractivity contribution in [2.24, 2.45) is 0 Å². The molecule has 2 rings (SSSR count). The van der Waals surface area contributed by atoms with Crippen LogP contribution in [-0.2, 0) is 4.74 Å². The molecule has 1 aromatic rings. The van der Waals surface area contributed by atoms with E-state index in [0.717, 1.165) is 0 Å². The Balaban J connectivity index is 2.10. The number of hydrogen-bond acceptors (Lipinski definition) is 2. The Morgan fingerprint density at radius 1 is 1.44 bits per heavy atom. The first-order valence-corrected chi connectivity index (χ1v) is 6.40. The normalized spacial score (nSPS) is 24.1. The molecule has 1 aliphatic rings. The van der Waals surface area contributed by atoms with Gasteiger partial charge in [0.05, 0.1) is 18.1 Å². The number of amides is 1. The van der Waals surface area contributed by atoms with Crippen LogP contribution in [0, 0.1) is 5.82 Å². The number of nitrogens with zero attached hydrogens (tertiary/aromatic N) is 1. The highest BCUT2D eigenvalue weighted by Crippen LogP contribution is 2.15. The van der Waals surface area contributed by atoms with Gasteiger partial charge in [0.1, 0.15) is 5.82 Å². The van der Waals surface area contributed by atoms with Gasteiger partial charge in [-0.05, 0) is 31.2 Å². The Kier molecular flexibility index (Phi) is 4.19. The Bertz CT molecular complexity index is 424. The molecular formula is C13H15ClFNO2. The standard InChI is InChI=1S/C13H15ClFNO2/c1-9-7-16(8-12(6-14)18-9)13(17)10-2-4-11(15)5-3-10/h2-5,9,12H,6-8H2,1H3. The van der Waals surface area contributed by atoms with Gasteiger partial charge in [0.2, 0.25) is 0 Å². The smallest absolute Gasteiger partial charge is 0.254 e. The molecule has 0 aromatic heterocycles. The second-order valence-corrected chi connectivity index (χ2v) is 4.75. The number of rotatable bonds is 2. The van der Waals surface area contributed by atoms with Gasteiger partial charge < -0.3 is 9.64 Å². The van der Waals surface area contributed by atoms with Crippen LogP contribution >= 0.6 is 11.6 Å². The lowest BCUT2D eigenvalue weighted by molar-refractivity contribution is -0.0570. The molecule has 0 bridgehead atoms. The van der Waals surface area contributed by atoms with Crippen molar-refractivity contribution in [1.82, 2.24) is 4.90 Å². The van der Waals surface area contributed by atoms with E-state index in [1.165, 1.54) is 24.3 Å². The first kappa shape index (κ1) is 13.3. The molecule has 18 heavy (non-hydrogen) atoms. The highest BCUT2D eigenvalue weighted by atomic mass is 35.5. The van der Waals surface area contributed by atoms with E-state index in [1.54, 1.807) is 4.90 Å². The van der Waals surface area contributed by atoms with Gasteiger partial charge in [0.15, 0.2) is 0 Å². The fourth-order valence-corrected chi connectivity index (χ4v) is 2.24. The molecule has 0 aliphatic carbocycles. The zero-order chi connectivity index (χ0) is 13.1.